The lowest BCUT2D eigenvalue weighted by Gasteiger charge is -2.27. The van der Waals surface area contributed by atoms with Gasteiger partial charge in [0, 0.05) is 11.0 Å². The van der Waals surface area contributed by atoms with Gasteiger partial charge in [-0.05, 0) is 31.0 Å². The van der Waals surface area contributed by atoms with Crippen LogP contribution in [0.15, 0.2) is 59.1 Å². The first-order chi connectivity index (χ1) is 9.99. The predicted molar refractivity (Wildman–Crippen MR) is 89.0 cm³/mol. The van der Waals surface area contributed by atoms with Crippen molar-refractivity contribution in [2.45, 2.75) is 25.9 Å². The van der Waals surface area contributed by atoms with E-state index in [-0.39, 0.29) is 6.03 Å². The number of benzene rings is 2. The van der Waals surface area contributed by atoms with Gasteiger partial charge in [-0.15, -0.1) is 0 Å². The molecular formula is C17H19BrN2O. The average molecular weight is 347 g/mol. The molecule has 0 saturated carbocycles. The summed E-state index contributed by atoms with van der Waals surface area (Å²) in [7, 11) is 0. The third-order valence-corrected chi connectivity index (χ3v) is 4.09. The molecule has 2 amide bonds. The Balaban J connectivity index is 1.94. The molecule has 3 nitrogen and oxygen atoms in total. The number of hydrogen-bond donors (Lipinski definition) is 2. The van der Waals surface area contributed by atoms with Crippen LogP contribution < -0.4 is 10.6 Å². The summed E-state index contributed by atoms with van der Waals surface area (Å²) in [5, 5.41) is 5.88. The summed E-state index contributed by atoms with van der Waals surface area (Å²) < 4.78 is 0.993. The van der Waals surface area contributed by atoms with Crippen molar-refractivity contribution in [3.63, 3.8) is 0 Å². The second-order valence-corrected chi connectivity index (χ2v) is 6.24. The fourth-order valence-corrected chi connectivity index (χ4v) is 2.50. The van der Waals surface area contributed by atoms with E-state index in [1.807, 2.05) is 68.4 Å². The maximum atomic E-state index is 12.1. The zero-order chi connectivity index (χ0) is 15.3. The fourth-order valence-electron chi connectivity index (χ4n) is 2.07. The molecule has 0 fully saturated rings. The minimum absolute atomic E-state index is 0.181. The van der Waals surface area contributed by atoms with Gasteiger partial charge in [-0.3, -0.25) is 0 Å². The van der Waals surface area contributed by atoms with Crippen LogP contribution in [0.25, 0.3) is 0 Å². The first-order valence-electron chi connectivity index (χ1n) is 6.84. The molecule has 0 atom stereocenters. The van der Waals surface area contributed by atoms with Crippen LogP contribution in [0.1, 0.15) is 25.0 Å². The van der Waals surface area contributed by atoms with Crippen LogP contribution in [-0.4, -0.2) is 6.03 Å². The van der Waals surface area contributed by atoms with Gasteiger partial charge in [-0.1, -0.05) is 64.5 Å². The summed E-state index contributed by atoms with van der Waals surface area (Å²) in [5.74, 6) is 0. The van der Waals surface area contributed by atoms with E-state index in [0.29, 0.717) is 6.54 Å². The highest BCUT2D eigenvalue weighted by Gasteiger charge is 2.22. The fraction of sp³-hybridized carbons (Fsp3) is 0.235. The largest absolute Gasteiger partial charge is 0.334 e. The Hall–Kier alpha value is -1.81. The Morgan fingerprint density at radius 2 is 1.67 bits per heavy atom. The summed E-state index contributed by atoms with van der Waals surface area (Å²) in [6, 6.07) is 17.6. The normalized spacial score (nSPS) is 11.0. The maximum absolute atomic E-state index is 12.1. The van der Waals surface area contributed by atoms with Gasteiger partial charge >= 0.3 is 6.03 Å². The maximum Gasteiger partial charge on any atom is 0.315 e. The molecule has 2 rings (SSSR count). The molecule has 21 heavy (non-hydrogen) atoms. The molecule has 0 aliphatic rings. The molecule has 0 bridgehead atoms. The van der Waals surface area contributed by atoms with Gasteiger partial charge in [0.15, 0.2) is 0 Å². The van der Waals surface area contributed by atoms with Crippen LogP contribution in [0.3, 0.4) is 0 Å². The lowest BCUT2D eigenvalue weighted by Crippen LogP contribution is -2.46. The van der Waals surface area contributed by atoms with Crippen molar-refractivity contribution < 1.29 is 4.79 Å². The molecular weight excluding hydrogens is 328 g/mol. The molecule has 0 saturated heterocycles. The summed E-state index contributed by atoms with van der Waals surface area (Å²) in [6.07, 6.45) is 0. The van der Waals surface area contributed by atoms with Crippen LogP contribution in [0.4, 0.5) is 4.79 Å². The summed E-state index contributed by atoms with van der Waals surface area (Å²) in [5.41, 5.74) is 1.70. The van der Waals surface area contributed by atoms with Gasteiger partial charge in [0.25, 0.3) is 0 Å². The SMILES string of the molecule is CC(C)(NC(=O)NCc1ccccc1Br)c1ccccc1. The lowest BCUT2D eigenvalue weighted by molar-refractivity contribution is 0.229. The Morgan fingerprint density at radius 3 is 2.33 bits per heavy atom. The first-order valence-corrected chi connectivity index (χ1v) is 7.63. The molecule has 0 spiro atoms. The van der Waals surface area contributed by atoms with Crippen molar-refractivity contribution in [2.24, 2.45) is 0 Å². The number of nitrogens with one attached hydrogen (secondary N) is 2. The molecule has 0 aliphatic carbocycles. The number of rotatable bonds is 4. The highest BCUT2D eigenvalue weighted by Crippen LogP contribution is 2.19. The van der Waals surface area contributed by atoms with E-state index in [0.717, 1.165) is 15.6 Å². The summed E-state index contributed by atoms with van der Waals surface area (Å²) in [6.45, 7) is 4.46. The number of amides is 2. The Morgan fingerprint density at radius 1 is 1.05 bits per heavy atom. The summed E-state index contributed by atoms with van der Waals surface area (Å²) >= 11 is 3.47. The third-order valence-electron chi connectivity index (χ3n) is 3.32. The van der Waals surface area contributed by atoms with E-state index >= 15 is 0 Å². The van der Waals surface area contributed by atoms with Crippen molar-refractivity contribution in [1.82, 2.24) is 10.6 Å². The molecule has 110 valence electrons. The van der Waals surface area contributed by atoms with Crippen LogP contribution in [0, 0.1) is 0 Å². The standard InChI is InChI=1S/C17H19BrN2O/c1-17(2,14-9-4-3-5-10-14)20-16(21)19-12-13-8-6-7-11-15(13)18/h3-11H,12H2,1-2H3,(H2,19,20,21). The Labute approximate surface area is 133 Å². The Kier molecular flexibility index (Phi) is 5.02. The smallest absolute Gasteiger partial charge is 0.315 e. The van der Waals surface area contributed by atoms with Crippen molar-refractivity contribution in [2.75, 3.05) is 0 Å². The van der Waals surface area contributed by atoms with Crippen LogP contribution >= 0.6 is 15.9 Å². The van der Waals surface area contributed by atoms with E-state index in [4.69, 9.17) is 0 Å². The van der Waals surface area contributed by atoms with Gasteiger partial charge in [0.2, 0.25) is 0 Å². The van der Waals surface area contributed by atoms with Crippen molar-refractivity contribution in [3.05, 3.63) is 70.2 Å². The summed E-state index contributed by atoms with van der Waals surface area (Å²) in [4.78, 5) is 12.1. The molecule has 0 aromatic heterocycles. The van der Waals surface area contributed by atoms with Gasteiger partial charge in [-0.2, -0.15) is 0 Å². The van der Waals surface area contributed by atoms with Gasteiger partial charge < -0.3 is 10.6 Å². The predicted octanol–water partition coefficient (Wildman–Crippen LogP) is 4.18. The number of carbonyl (C=O) groups excluding carboxylic acids is 1. The second kappa shape index (κ2) is 6.76. The van der Waals surface area contributed by atoms with Crippen molar-refractivity contribution in [1.29, 1.82) is 0 Å². The van der Waals surface area contributed by atoms with Gasteiger partial charge in [-0.25, -0.2) is 4.79 Å². The van der Waals surface area contributed by atoms with Gasteiger partial charge in [0.1, 0.15) is 0 Å². The molecule has 0 heterocycles. The van der Waals surface area contributed by atoms with E-state index in [2.05, 4.69) is 26.6 Å². The quantitative estimate of drug-likeness (QED) is 0.856. The van der Waals surface area contributed by atoms with E-state index in [9.17, 15) is 4.79 Å². The minimum atomic E-state index is -0.417. The topological polar surface area (TPSA) is 41.1 Å². The zero-order valence-corrected chi connectivity index (χ0v) is 13.8. The van der Waals surface area contributed by atoms with Gasteiger partial charge in [0.05, 0.1) is 5.54 Å². The molecule has 2 aromatic carbocycles. The zero-order valence-electron chi connectivity index (χ0n) is 12.2. The molecule has 4 heteroatoms. The highest BCUT2D eigenvalue weighted by atomic mass is 79.9. The Bertz CT molecular complexity index is 611. The second-order valence-electron chi connectivity index (χ2n) is 5.39. The average Bonchev–Trinajstić information content (AvgIpc) is 2.47. The van der Waals surface area contributed by atoms with Crippen molar-refractivity contribution >= 4 is 22.0 Å². The number of hydrogen-bond acceptors (Lipinski definition) is 1. The molecule has 0 aliphatic heterocycles. The van der Waals surface area contributed by atoms with Crippen LogP contribution in [0.2, 0.25) is 0 Å². The minimum Gasteiger partial charge on any atom is -0.334 e. The van der Waals surface area contributed by atoms with Crippen molar-refractivity contribution in [3.8, 4) is 0 Å². The number of urea groups is 1. The molecule has 2 N–H and O–H groups in total. The van der Waals surface area contributed by atoms with E-state index in [1.54, 1.807) is 0 Å². The highest BCUT2D eigenvalue weighted by molar-refractivity contribution is 9.10. The third kappa shape index (κ3) is 4.33. The van der Waals surface area contributed by atoms with Crippen LogP contribution in [-0.2, 0) is 12.1 Å². The molecule has 2 aromatic rings. The lowest BCUT2D eigenvalue weighted by atomic mass is 9.95. The van der Waals surface area contributed by atoms with Crippen LogP contribution in [0.5, 0.6) is 0 Å². The number of carbonyl (C=O) groups is 1. The first kappa shape index (κ1) is 15.6. The van der Waals surface area contributed by atoms with E-state index in [1.165, 1.54) is 0 Å². The molecule has 0 radical (unpaired) electrons. The monoisotopic (exact) mass is 346 g/mol. The number of halogens is 1. The molecule has 0 unspecified atom stereocenters. The van der Waals surface area contributed by atoms with E-state index < -0.39 is 5.54 Å².